The summed E-state index contributed by atoms with van der Waals surface area (Å²) in [5, 5.41) is 0. The Morgan fingerprint density at radius 1 is 0.615 bits per heavy atom. The summed E-state index contributed by atoms with van der Waals surface area (Å²) in [6.45, 7) is 9.23. The maximum Gasteiger partial charge on any atom is -0.0164 e. The smallest absolute Gasteiger partial charge is 0.0164 e. The highest BCUT2D eigenvalue weighted by molar-refractivity contribution is 5.65. The number of rotatable bonds is 11. The normalized spacial score (nSPS) is 13.5. The van der Waals surface area contributed by atoms with Crippen molar-refractivity contribution in [1.82, 2.24) is 0 Å². The summed E-state index contributed by atoms with van der Waals surface area (Å²) in [7, 11) is 0. The Balaban J connectivity index is 2.25. The van der Waals surface area contributed by atoms with Gasteiger partial charge in [0.05, 0.1) is 0 Å². The molecule has 0 aliphatic heterocycles. The van der Waals surface area contributed by atoms with Gasteiger partial charge in [0.15, 0.2) is 0 Å². The van der Waals surface area contributed by atoms with Gasteiger partial charge in [0.1, 0.15) is 0 Å². The van der Waals surface area contributed by atoms with Gasteiger partial charge in [0.25, 0.3) is 0 Å². The molecule has 0 spiro atoms. The predicted molar refractivity (Wildman–Crippen MR) is 117 cm³/mol. The predicted octanol–water partition coefficient (Wildman–Crippen LogP) is 8.72. The SMILES string of the molecule is CCCCC(CC)c1cccc(-c2cccc(C(CC)CCCC)c2)c1. The lowest BCUT2D eigenvalue weighted by Crippen LogP contribution is -1.99. The van der Waals surface area contributed by atoms with Crippen LogP contribution in [0.15, 0.2) is 48.5 Å². The molecule has 26 heavy (non-hydrogen) atoms. The first-order chi connectivity index (χ1) is 12.7. The van der Waals surface area contributed by atoms with Crippen molar-refractivity contribution in [2.24, 2.45) is 0 Å². The van der Waals surface area contributed by atoms with E-state index in [0.717, 1.165) is 0 Å². The Bertz CT molecular complexity index is 582. The first kappa shape index (κ1) is 20.7. The van der Waals surface area contributed by atoms with Gasteiger partial charge in [0.2, 0.25) is 0 Å². The Hall–Kier alpha value is -1.56. The zero-order valence-corrected chi connectivity index (χ0v) is 17.4. The van der Waals surface area contributed by atoms with Crippen LogP contribution in [-0.4, -0.2) is 0 Å². The van der Waals surface area contributed by atoms with E-state index in [0.29, 0.717) is 11.8 Å². The largest absolute Gasteiger partial charge is 0.0654 e. The highest BCUT2D eigenvalue weighted by Crippen LogP contribution is 2.32. The first-order valence-electron chi connectivity index (χ1n) is 10.9. The average Bonchev–Trinajstić information content (AvgIpc) is 2.70. The molecule has 0 amide bonds. The summed E-state index contributed by atoms with van der Waals surface area (Å²) < 4.78 is 0. The van der Waals surface area contributed by atoms with Crippen LogP contribution in [0.25, 0.3) is 11.1 Å². The van der Waals surface area contributed by atoms with Gasteiger partial charge < -0.3 is 0 Å². The highest BCUT2D eigenvalue weighted by Gasteiger charge is 2.12. The van der Waals surface area contributed by atoms with Gasteiger partial charge in [-0.1, -0.05) is 102 Å². The van der Waals surface area contributed by atoms with E-state index in [2.05, 4.69) is 76.2 Å². The Morgan fingerprint density at radius 3 is 1.38 bits per heavy atom. The molecule has 0 heteroatoms. The molecule has 0 saturated carbocycles. The van der Waals surface area contributed by atoms with E-state index in [1.54, 1.807) is 0 Å². The Labute approximate surface area is 162 Å². The molecule has 0 nitrogen and oxygen atoms in total. The topological polar surface area (TPSA) is 0 Å². The molecular weight excluding hydrogens is 312 g/mol. The van der Waals surface area contributed by atoms with Crippen LogP contribution in [0, 0.1) is 0 Å². The zero-order valence-electron chi connectivity index (χ0n) is 17.4. The quantitative estimate of drug-likeness (QED) is 0.380. The molecule has 2 rings (SSSR count). The zero-order chi connectivity index (χ0) is 18.8. The van der Waals surface area contributed by atoms with Crippen LogP contribution >= 0.6 is 0 Å². The number of hydrogen-bond donors (Lipinski definition) is 0. The Morgan fingerprint density at radius 2 is 1.04 bits per heavy atom. The van der Waals surface area contributed by atoms with E-state index in [1.165, 1.54) is 73.6 Å². The molecule has 0 aromatic heterocycles. The van der Waals surface area contributed by atoms with E-state index in [-0.39, 0.29) is 0 Å². The third kappa shape index (κ3) is 5.73. The monoisotopic (exact) mass is 350 g/mol. The number of unbranched alkanes of at least 4 members (excludes halogenated alkanes) is 2. The number of hydrogen-bond acceptors (Lipinski definition) is 0. The second-order valence-electron chi connectivity index (χ2n) is 7.75. The maximum absolute atomic E-state index is 2.44. The number of benzene rings is 2. The van der Waals surface area contributed by atoms with Crippen LogP contribution in [-0.2, 0) is 0 Å². The molecule has 0 aliphatic carbocycles. The van der Waals surface area contributed by atoms with Crippen LogP contribution in [0.3, 0.4) is 0 Å². The molecule has 2 aromatic carbocycles. The van der Waals surface area contributed by atoms with Crippen molar-refractivity contribution in [3.8, 4) is 11.1 Å². The third-order valence-electron chi connectivity index (χ3n) is 5.85. The molecule has 2 atom stereocenters. The molecular formula is C26H38. The summed E-state index contributed by atoms with van der Waals surface area (Å²) in [5.74, 6) is 1.40. The van der Waals surface area contributed by atoms with Gasteiger partial charge in [-0.15, -0.1) is 0 Å². The van der Waals surface area contributed by atoms with E-state index >= 15 is 0 Å². The molecule has 0 saturated heterocycles. The summed E-state index contributed by atoms with van der Waals surface area (Å²) in [4.78, 5) is 0. The van der Waals surface area contributed by atoms with Crippen molar-refractivity contribution < 1.29 is 0 Å². The molecule has 2 aromatic rings. The lowest BCUT2D eigenvalue weighted by Gasteiger charge is -2.18. The highest BCUT2D eigenvalue weighted by atomic mass is 14.2. The first-order valence-corrected chi connectivity index (χ1v) is 10.9. The van der Waals surface area contributed by atoms with Gasteiger partial charge in [-0.05, 0) is 59.8 Å². The maximum atomic E-state index is 2.44. The average molecular weight is 351 g/mol. The van der Waals surface area contributed by atoms with Crippen LogP contribution in [0.1, 0.15) is 102 Å². The second kappa shape index (κ2) is 11.2. The molecule has 0 aliphatic rings. The summed E-state index contributed by atoms with van der Waals surface area (Å²) in [5.41, 5.74) is 5.79. The fourth-order valence-corrected chi connectivity index (χ4v) is 4.06. The molecule has 2 unspecified atom stereocenters. The van der Waals surface area contributed by atoms with Crippen molar-refractivity contribution in [3.63, 3.8) is 0 Å². The minimum atomic E-state index is 0.700. The lowest BCUT2D eigenvalue weighted by atomic mass is 9.87. The standard InChI is InChI=1S/C26H38/c1-5-9-13-21(7-3)23-15-11-17-25(19-23)26-18-12-16-24(20-26)22(8-4)14-10-6-2/h11-12,15-22H,5-10,13-14H2,1-4H3. The molecule has 0 fully saturated rings. The van der Waals surface area contributed by atoms with Crippen molar-refractivity contribution in [3.05, 3.63) is 59.7 Å². The minimum Gasteiger partial charge on any atom is -0.0654 e. The van der Waals surface area contributed by atoms with Crippen molar-refractivity contribution in [1.29, 1.82) is 0 Å². The molecule has 142 valence electrons. The van der Waals surface area contributed by atoms with E-state index < -0.39 is 0 Å². The van der Waals surface area contributed by atoms with Gasteiger partial charge in [0, 0.05) is 0 Å². The molecule has 0 heterocycles. The van der Waals surface area contributed by atoms with E-state index in [4.69, 9.17) is 0 Å². The molecule has 0 N–H and O–H groups in total. The lowest BCUT2D eigenvalue weighted by molar-refractivity contribution is 0.569. The van der Waals surface area contributed by atoms with E-state index in [1.807, 2.05) is 0 Å². The van der Waals surface area contributed by atoms with Gasteiger partial charge in [-0.25, -0.2) is 0 Å². The second-order valence-corrected chi connectivity index (χ2v) is 7.75. The van der Waals surface area contributed by atoms with Gasteiger partial charge in [-0.2, -0.15) is 0 Å². The van der Waals surface area contributed by atoms with E-state index in [9.17, 15) is 0 Å². The fourth-order valence-electron chi connectivity index (χ4n) is 4.06. The van der Waals surface area contributed by atoms with Gasteiger partial charge >= 0.3 is 0 Å². The van der Waals surface area contributed by atoms with Crippen molar-refractivity contribution in [2.45, 2.75) is 90.9 Å². The summed E-state index contributed by atoms with van der Waals surface area (Å²) in [6, 6.07) is 18.6. The summed E-state index contributed by atoms with van der Waals surface area (Å²) in [6.07, 6.45) is 10.3. The minimum absolute atomic E-state index is 0.700. The van der Waals surface area contributed by atoms with Gasteiger partial charge in [-0.3, -0.25) is 0 Å². The third-order valence-corrected chi connectivity index (χ3v) is 5.85. The van der Waals surface area contributed by atoms with Crippen LogP contribution < -0.4 is 0 Å². The Kier molecular flexibility index (Phi) is 8.95. The van der Waals surface area contributed by atoms with Crippen LogP contribution in [0.5, 0.6) is 0 Å². The van der Waals surface area contributed by atoms with Crippen molar-refractivity contribution in [2.75, 3.05) is 0 Å². The van der Waals surface area contributed by atoms with Crippen molar-refractivity contribution >= 4 is 0 Å². The fraction of sp³-hybridized carbons (Fsp3) is 0.538. The molecule has 0 bridgehead atoms. The summed E-state index contributed by atoms with van der Waals surface area (Å²) >= 11 is 0. The van der Waals surface area contributed by atoms with Crippen LogP contribution in [0.2, 0.25) is 0 Å². The molecule has 0 radical (unpaired) electrons. The van der Waals surface area contributed by atoms with Crippen LogP contribution in [0.4, 0.5) is 0 Å².